The Morgan fingerprint density at radius 3 is 2.71 bits per heavy atom. The Labute approximate surface area is 104 Å². The maximum Gasteiger partial charge on any atom is 0.315 e. The van der Waals surface area contributed by atoms with Gasteiger partial charge in [0.2, 0.25) is 5.89 Å². The molecular weight excluding hydrogens is 240 g/mol. The molecular formula is C10H20N4O2S. The van der Waals surface area contributed by atoms with E-state index in [1.807, 2.05) is 20.8 Å². The molecule has 0 aliphatic heterocycles. The molecule has 0 aromatic carbocycles. The van der Waals surface area contributed by atoms with Crippen molar-refractivity contribution in [2.45, 2.75) is 32.1 Å². The van der Waals surface area contributed by atoms with E-state index in [4.69, 9.17) is 4.42 Å². The molecule has 0 fully saturated rings. The van der Waals surface area contributed by atoms with Gasteiger partial charge in [-0.15, -0.1) is 5.10 Å². The van der Waals surface area contributed by atoms with Crippen LogP contribution in [0.4, 0.5) is 6.01 Å². The van der Waals surface area contributed by atoms with Gasteiger partial charge in [-0.25, -0.2) is 0 Å². The summed E-state index contributed by atoms with van der Waals surface area (Å²) in [6.45, 7) is 7.29. The molecule has 3 atom stereocenters. The van der Waals surface area contributed by atoms with Crippen molar-refractivity contribution in [1.82, 2.24) is 15.5 Å². The molecule has 1 aromatic heterocycles. The van der Waals surface area contributed by atoms with Crippen molar-refractivity contribution in [2.75, 3.05) is 24.7 Å². The fourth-order valence-electron chi connectivity index (χ4n) is 1.22. The predicted molar refractivity (Wildman–Crippen MR) is 68.4 cm³/mol. The van der Waals surface area contributed by atoms with Crippen LogP contribution in [-0.2, 0) is 10.8 Å². The quantitative estimate of drug-likeness (QED) is 0.759. The number of nitrogens with zero attached hydrogens (tertiary/aromatic N) is 2. The van der Waals surface area contributed by atoms with Gasteiger partial charge in [0.25, 0.3) is 0 Å². The number of anilines is 1. The zero-order chi connectivity index (χ0) is 12.8. The fraction of sp³-hybridized carbons (Fsp3) is 0.800. The second-order valence-corrected chi connectivity index (χ2v) is 5.72. The summed E-state index contributed by atoms with van der Waals surface area (Å²) in [6.07, 6.45) is 1.68. The summed E-state index contributed by atoms with van der Waals surface area (Å²) in [5.41, 5.74) is 0. The first-order valence-electron chi connectivity index (χ1n) is 5.67. The van der Waals surface area contributed by atoms with Crippen molar-refractivity contribution < 1.29 is 8.63 Å². The molecule has 1 rings (SSSR count). The minimum Gasteiger partial charge on any atom is -0.406 e. The van der Waals surface area contributed by atoms with E-state index in [2.05, 4.69) is 20.8 Å². The second-order valence-electron chi connectivity index (χ2n) is 3.91. The van der Waals surface area contributed by atoms with Crippen LogP contribution in [0.15, 0.2) is 4.42 Å². The lowest BCUT2D eigenvalue weighted by atomic mass is 10.3. The largest absolute Gasteiger partial charge is 0.406 e. The summed E-state index contributed by atoms with van der Waals surface area (Å²) in [4.78, 5) is 0. The molecule has 0 spiro atoms. The van der Waals surface area contributed by atoms with Gasteiger partial charge in [-0.05, 0) is 20.4 Å². The highest BCUT2D eigenvalue weighted by Gasteiger charge is 2.13. The first-order valence-corrected chi connectivity index (χ1v) is 7.29. The SMILES string of the molecule is CCNC(C)c1nnc(NCC(C)S(C)=O)o1. The average molecular weight is 260 g/mol. The van der Waals surface area contributed by atoms with E-state index < -0.39 is 10.8 Å². The Hall–Kier alpha value is -0.950. The first kappa shape index (κ1) is 14.1. The maximum atomic E-state index is 11.2. The molecule has 0 aliphatic carbocycles. The van der Waals surface area contributed by atoms with Crippen LogP contribution < -0.4 is 10.6 Å². The zero-order valence-electron chi connectivity index (χ0n) is 10.7. The highest BCUT2D eigenvalue weighted by molar-refractivity contribution is 7.84. The molecule has 0 radical (unpaired) electrons. The Balaban J connectivity index is 2.48. The molecule has 1 aromatic rings. The predicted octanol–water partition coefficient (Wildman–Crippen LogP) is 0.919. The van der Waals surface area contributed by atoms with Crippen LogP contribution in [0.3, 0.4) is 0 Å². The van der Waals surface area contributed by atoms with Gasteiger partial charge in [-0.2, -0.15) is 0 Å². The Morgan fingerprint density at radius 2 is 2.12 bits per heavy atom. The van der Waals surface area contributed by atoms with E-state index in [9.17, 15) is 4.21 Å². The molecule has 6 nitrogen and oxygen atoms in total. The van der Waals surface area contributed by atoms with E-state index in [-0.39, 0.29) is 11.3 Å². The third kappa shape index (κ3) is 4.43. The van der Waals surface area contributed by atoms with E-state index in [1.54, 1.807) is 6.26 Å². The van der Waals surface area contributed by atoms with Gasteiger partial charge < -0.3 is 15.1 Å². The zero-order valence-corrected chi connectivity index (χ0v) is 11.5. The third-order valence-corrected chi connectivity index (χ3v) is 3.73. The number of aromatic nitrogens is 2. The number of hydrogen-bond acceptors (Lipinski definition) is 6. The summed E-state index contributed by atoms with van der Waals surface area (Å²) in [5, 5.41) is 14.0. The van der Waals surface area contributed by atoms with Crippen molar-refractivity contribution in [3.63, 3.8) is 0 Å². The molecule has 98 valence electrons. The smallest absolute Gasteiger partial charge is 0.315 e. The average Bonchev–Trinajstić information content (AvgIpc) is 2.74. The Bertz CT molecular complexity index is 369. The minimum absolute atomic E-state index is 0.0424. The molecule has 0 aliphatic rings. The standard InChI is InChI=1S/C10H20N4O2S/c1-5-11-8(3)9-13-14-10(16-9)12-6-7(2)17(4)15/h7-8,11H,5-6H2,1-4H3,(H,12,14). The normalized spacial score (nSPS) is 16.5. The van der Waals surface area contributed by atoms with Gasteiger partial charge in [0.1, 0.15) is 0 Å². The van der Waals surface area contributed by atoms with Gasteiger partial charge in [-0.1, -0.05) is 12.0 Å². The van der Waals surface area contributed by atoms with Crippen LogP contribution in [0.2, 0.25) is 0 Å². The highest BCUT2D eigenvalue weighted by atomic mass is 32.2. The summed E-state index contributed by atoms with van der Waals surface area (Å²) in [5.74, 6) is 0.555. The van der Waals surface area contributed by atoms with Gasteiger partial charge in [0, 0.05) is 28.9 Å². The Morgan fingerprint density at radius 1 is 1.41 bits per heavy atom. The first-order chi connectivity index (χ1) is 8.04. The molecule has 7 heteroatoms. The third-order valence-electron chi connectivity index (χ3n) is 2.43. The number of hydrogen-bond donors (Lipinski definition) is 2. The van der Waals surface area contributed by atoms with Gasteiger partial charge in [0.15, 0.2) is 0 Å². The summed E-state index contributed by atoms with van der Waals surface area (Å²) >= 11 is 0. The van der Waals surface area contributed by atoms with Crippen LogP contribution in [-0.4, -0.2) is 39.0 Å². The van der Waals surface area contributed by atoms with Crippen LogP contribution in [0.25, 0.3) is 0 Å². The minimum atomic E-state index is -0.854. The van der Waals surface area contributed by atoms with Crippen molar-refractivity contribution in [1.29, 1.82) is 0 Å². The summed E-state index contributed by atoms with van der Waals surface area (Å²) in [7, 11) is -0.854. The molecule has 17 heavy (non-hydrogen) atoms. The Kier molecular flexibility index (Phi) is 5.57. The molecule has 0 bridgehead atoms. The monoisotopic (exact) mass is 260 g/mol. The molecule has 0 saturated carbocycles. The fourth-order valence-corrected chi connectivity index (χ4v) is 1.54. The lowest BCUT2D eigenvalue weighted by Crippen LogP contribution is -2.20. The van der Waals surface area contributed by atoms with Crippen molar-refractivity contribution in [3.05, 3.63) is 5.89 Å². The van der Waals surface area contributed by atoms with E-state index >= 15 is 0 Å². The maximum absolute atomic E-state index is 11.2. The van der Waals surface area contributed by atoms with Gasteiger partial charge in [-0.3, -0.25) is 4.21 Å². The molecule has 3 unspecified atom stereocenters. The molecule has 0 amide bonds. The van der Waals surface area contributed by atoms with Crippen molar-refractivity contribution in [3.8, 4) is 0 Å². The van der Waals surface area contributed by atoms with Crippen molar-refractivity contribution in [2.24, 2.45) is 0 Å². The van der Waals surface area contributed by atoms with E-state index in [0.29, 0.717) is 18.5 Å². The molecule has 0 saturated heterocycles. The van der Waals surface area contributed by atoms with Crippen LogP contribution in [0.1, 0.15) is 32.7 Å². The van der Waals surface area contributed by atoms with Crippen LogP contribution in [0, 0.1) is 0 Å². The summed E-state index contributed by atoms with van der Waals surface area (Å²) < 4.78 is 16.6. The molecule has 2 N–H and O–H groups in total. The van der Waals surface area contributed by atoms with Crippen molar-refractivity contribution >= 4 is 16.8 Å². The number of rotatable bonds is 7. The topological polar surface area (TPSA) is 80.0 Å². The lowest BCUT2D eigenvalue weighted by molar-refractivity contribution is 0.429. The van der Waals surface area contributed by atoms with Gasteiger partial charge >= 0.3 is 6.01 Å². The van der Waals surface area contributed by atoms with Crippen LogP contribution >= 0.6 is 0 Å². The second kappa shape index (κ2) is 6.70. The van der Waals surface area contributed by atoms with Crippen LogP contribution in [0.5, 0.6) is 0 Å². The van der Waals surface area contributed by atoms with E-state index in [0.717, 1.165) is 6.54 Å². The number of nitrogens with one attached hydrogen (secondary N) is 2. The van der Waals surface area contributed by atoms with Gasteiger partial charge in [0.05, 0.1) is 6.04 Å². The van der Waals surface area contributed by atoms with E-state index in [1.165, 1.54) is 0 Å². The highest BCUT2D eigenvalue weighted by Crippen LogP contribution is 2.13. The molecule has 1 heterocycles. The lowest BCUT2D eigenvalue weighted by Gasteiger charge is -2.08. The summed E-state index contributed by atoms with van der Waals surface area (Å²) in [6, 6.07) is 0.419.